The SMILES string of the molecule is O=C(Nc1ccc2c(c1)OCCO2)N1CCN(C2CCCCCC2)CC1. The molecule has 2 heterocycles. The van der Waals surface area contributed by atoms with E-state index in [-0.39, 0.29) is 6.03 Å². The molecule has 1 aromatic carbocycles. The molecule has 1 N–H and O–H groups in total. The molecule has 1 saturated heterocycles. The molecular weight excluding hydrogens is 330 g/mol. The van der Waals surface area contributed by atoms with Crippen molar-refractivity contribution >= 4 is 11.7 Å². The number of anilines is 1. The first kappa shape index (κ1) is 17.5. The van der Waals surface area contributed by atoms with E-state index in [9.17, 15) is 4.79 Å². The van der Waals surface area contributed by atoms with Crippen molar-refractivity contribution in [2.75, 3.05) is 44.7 Å². The van der Waals surface area contributed by atoms with E-state index in [0.717, 1.165) is 43.7 Å². The smallest absolute Gasteiger partial charge is 0.321 e. The number of amides is 2. The molecule has 6 heteroatoms. The second kappa shape index (κ2) is 8.16. The van der Waals surface area contributed by atoms with Crippen molar-refractivity contribution < 1.29 is 14.3 Å². The van der Waals surface area contributed by atoms with Crippen LogP contribution in [0.3, 0.4) is 0 Å². The molecule has 3 aliphatic rings. The average Bonchev–Trinajstić information content (AvgIpc) is 2.97. The second-order valence-corrected chi connectivity index (χ2v) is 7.46. The molecule has 2 amide bonds. The Morgan fingerprint density at radius 2 is 1.62 bits per heavy atom. The number of ether oxygens (including phenoxy) is 2. The number of hydrogen-bond acceptors (Lipinski definition) is 4. The number of carbonyl (C=O) groups is 1. The van der Waals surface area contributed by atoms with Crippen LogP contribution in [-0.4, -0.2) is 61.3 Å². The fourth-order valence-corrected chi connectivity index (χ4v) is 4.24. The van der Waals surface area contributed by atoms with E-state index in [1.165, 1.54) is 38.5 Å². The summed E-state index contributed by atoms with van der Waals surface area (Å²) in [6, 6.07) is 6.26. The molecule has 0 spiro atoms. The average molecular weight is 359 g/mol. The van der Waals surface area contributed by atoms with E-state index in [1.807, 2.05) is 23.1 Å². The van der Waals surface area contributed by atoms with Crippen LogP contribution in [0.15, 0.2) is 18.2 Å². The van der Waals surface area contributed by atoms with Crippen molar-refractivity contribution in [3.05, 3.63) is 18.2 Å². The predicted octanol–water partition coefficient (Wildman–Crippen LogP) is 3.33. The van der Waals surface area contributed by atoms with Gasteiger partial charge in [-0.2, -0.15) is 0 Å². The Kier molecular flexibility index (Phi) is 5.48. The van der Waals surface area contributed by atoms with Gasteiger partial charge < -0.3 is 19.7 Å². The Morgan fingerprint density at radius 3 is 2.35 bits per heavy atom. The molecule has 26 heavy (non-hydrogen) atoms. The van der Waals surface area contributed by atoms with Crippen molar-refractivity contribution in [2.24, 2.45) is 0 Å². The van der Waals surface area contributed by atoms with E-state index < -0.39 is 0 Å². The summed E-state index contributed by atoms with van der Waals surface area (Å²) < 4.78 is 11.1. The zero-order valence-electron chi connectivity index (χ0n) is 15.4. The van der Waals surface area contributed by atoms with Gasteiger partial charge in [0.25, 0.3) is 0 Å². The lowest BCUT2D eigenvalue weighted by Gasteiger charge is -2.39. The first-order valence-electron chi connectivity index (χ1n) is 9.99. The molecule has 2 fully saturated rings. The van der Waals surface area contributed by atoms with Crippen LogP contribution in [0.1, 0.15) is 38.5 Å². The zero-order valence-corrected chi connectivity index (χ0v) is 15.4. The summed E-state index contributed by atoms with van der Waals surface area (Å²) in [4.78, 5) is 17.1. The van der Waals surface area contributed by atoms with E-state index >= 15 is 0 Å². The standard InChI is InChI=1S/C20H29N3O3/c24-20(21-16-7-8-18-19(15-16)26-14-13-25-18)23-11-9-22(10-12-23)17-5-3-1-2-4-6-17/h7-8,15,17H,1-6,9-14H2,(H,21,24). The molecule has 4 rings (SSSR count). The molecule has 1 saturated carbocycles. The molecule has 0 atom stereocenters. The van der Waals surface area contributed by atoms with Gasteiger partial charge in [-0.3, -0.25) is 4.90 Å². The molecule has 0 bridgehead atoms. The highest BCUT2D eigenvalue weighted by Crippen LogP contribution is 2.32. The van der Waals surface area contributed by atoms with Crippen LogP contribution in [-0.2, 0) is 0 Å². The number of urea groups is 1. The monoisotopic (exact) mass is 359 g/mol. The summed E-state index contributed by atoms with van der Waals surface area (Å²) in [5.41, 5.74) is 0.755. The highest BCUT2D eigenvalue weighted by Gasteiger charge is 2.26. The van der Waals surface area contributed by atoms with Crippen molar-refractivity contribution in [1.82, 2.24) is 9.80 Å². The van der Waals surface area contributed by atoms with Gasteiger partial charge in [-0.1, -0.05) is 25.7 Å². The van der Waals surface area contributed by atoms with Gasteiger partial charge in [0.1, 0.15) is 13.2 Å². The Labute approximate surface area is 155 Å². The maximum Gasteiger partial charge on any atom is 0.321 e. The van der Waals surface area contributed by atoms with Crippen LogP contribution in [0.2, 0.25) is 0 Å². The van der Waals surface area contributed by atoms with E-state index in [1.54, 1.807) is 0 Å². The lowest BCUT2D eigenvalue weighted by Crippen LogP contribution is -2.52. The van der Waals surface area contributed by atoms with Crippen molar-refractivity contribution in [3.8, 4) is 11.5 Å². The molecule has 0 aromatic heterocycles. The lowest BCUT2D eigenvalue weighted by molar-refractivity contribution is 0.105. The molecular formula is C20H29N3O3. The number of benzene rings is 1. The van der Waals surface area contributed by atoms with E-state index in [2.05, 4.69) is 10.2 Å². The summed E-state index contributed by atoms with van der Waals surface area (Å²) in [7, 11) is 0. The molecule has 2 aliphatic heterocycles. The van der Waals surface area contributed by atoms with Gasteiger partial charge in [0.05, 0.1) is 0 Å². The highest BCUT2D eigenvalue weighted by atomic mass is 16.6. The van der Waals surface area contributed by atoms with Crippen molar-refractivity contribution in [1.29, 1.82) is 0 Å². The van der Waals surface area contributed by atoms with Crippen LogP contribution in [0.4, 0.5) is 10.5 Å². The van der Waals surface area contributed by atoms with Gasteiger partial charge >= 0.3 is 6.03 Å². The molecule has 1 aromatic rings. The third-order valence-electron chi connectivity index (χ3n) is 5.74. The van der Waals surface area contributed by atoms with Gasteiger partial charge in [-0.05, 0) is 25.0 Å². The maximum atomic E-state index is 12.6. The molecule has 6 nitrogen and oxygen atoms in total. The first-order valence-corrected chi connectivity index (χ1v) is 9.99. The minimum Gasteiger partial charge on any atom is -0.486 e. The lowest BCUT2D eigenvalue weighted by atomic mass is 10.1. The Bertz CT molecular complexity index is 621. The summed E-state index contributed by atoms with van der Waals surface area (Å²) in [6.45, 7) is 4.69. The molecule has 0 radical (unpaired) electrons. The summed E-state index contributed by atoms with van der Waals surface area (Å²) in [6.07, 6.45) is 8.13. The predicted molar refractivity (Wildman–Crippen MR) is 101 cm³/mol. The topological polar surface area (TPSA) is 54.0 Å². The first-order chi connectivity index (χ1) is 12.8. The van der Waals surface area contributed by atoms with E-state index in [0.29, 0.717) is 19.0 Å². The largest absolute Gasteiger partial charge is 0.486 e. The number of nitrogens with one attached hydrogen (secondary N) is 1. The fraction of sp³-hybridized carbons (Fsp3) is 0.650. The Hall–Kier alpha value is -1.95. The van der Waals surface area contributed by atoms with E-state index in [4.69, 9.17) is 9.47 Å². The van der Waals surface area contributed by atoms with Gasteiger partial charge in [-0.25, -0.2) is 4.79 Å². The van der Waals surface area contributed by atoms with Gasteiger partial charge in [-0.15, -0.1) is 0 Å². The number of hydrogen-bond donors (Lipinski definition) is 1. The quantitative estimate of drug-likeness (QED) is 0.823. The normalized spacial score (nSPS) is 21.9. The van der Waals surface area contributed by atoms with Crippen LogP contribution < -0.4 is 14.8 Å². The Balaban J connectivity index is 1.29. The summed E-state index contributed by atoms with van der Waals surface area (Å²) in [5.74, 6) is 1.44. The Morgan fingerprint density at radius 1 is 0.923 bits per heavy atom. The van der Waals surface area contributed by atoms with Crippen molar-refractivity contribution in [3.63, 3.8) is 0 Å². The second-order valence-electron chi connectivity index (χ2n) is 7.46. The number of carbonyl (C=O) groups excluding carboxylic acids is 1. The third-order valence-corrected chi connectivity index (χ3v) is 5.74. The highest BCUT2D eigenvalue weighted by molar-refractivity contribution is 5.89. The number of piperazine rings is 1. The number of nitrogens with zero attached hydrogens (tertiary/aromatic N) is 2. The molecule has 1 aliphatic carbocycles. The van der Waals surface area contributed by atoms with Gasteiger partial charge in [0, 0.05) is 44.0 Å². The summed E-state index contributed by atoms with van der Waals surface area (Å²) in [5, 5.41) is 3.00. The fourth-order valence-electron chi connectivity index (χ4n) is 4.24. The minimum absolute atomic E-state index is 0.0257. The zero-order chi connectivity index (χ0) is 17.8. The third kappa shape index (κ3) is 4.06. The van der Waals surface area contributed by atoms with Gasteiger partial charge in [0.15, 0.2) is 11.5 Å². The molecule has 0 unspecified atom stereocenters. The van der Waals surface area contributed by atoms with Crippen LogP contribution in [0.5, 0.6) is 11.5 Å². The van der Waals surface area contributed by atoms with Crippen LogP contribution in [0.25, 0.3) is 0 Å². The summed E-state index contributed by atoms with van der Waals surface area (Å²) >= 11 is 0. The number of rotatable bonds is 2. The van der Waals surface area contributed by atoms with Crippen LogP contribution in [0, 0.1) is 0 Å². The van der Waals surface area contributed by atoms with Crippen LogP contribution >= 0.6 is 0 Å². The van der Waals surface area contributed by atoms with Crippen molar-refractivity contribution in [2.45, 2.75) is 44.6 Å². The number of fused-ring (bicyclic) bond motifs is 1. The molecule has 142 valence electrons. The van der Waals surface area contributed by atoms with Gasteiger partial charge in [0.2, 0.25) is 0 Å². The minimum atomic E-state index is -0.0257. The maximum absolute atomic E-state index is 12.6.